The SMILES string of the molecule is CC(NCc1cccc(C#N)c1)(C(N)=O)c1cccc(Cl)c1. The summed E-state index contributed by atoms with van der Waals surface area (Å²) in [6, 6.07) is 16.3. The molecule has 0 aromatic heterocycles. The summed E-state index contributed by atoms with van der Waals surface area (Å²) in [5.41, 5.74) is 6.70. The molecule has 0 saturated carbocycles. The highest BCUT2D eigenvalue weighted by Gasteiger charge is 2.32. The molecule has 0 heterocycles. The van der Waals surface area contributed by atoms with Gasteiger partial charge in [0.2, 0.25) is 5.91 Å². The fourth-order valence-corrected chi connectivity index (χ4v) is 2.35. The van der Waals surface area contributed by atoms with Crippen molar-refractivity contribution in [2.45, 2.75) is 19.0 Å². The predicted octanol–water partition coefficient (Wildman–Crippen LogP) is 2.70. The van der Waals surface area contributed by atoms with Crippen molar-refractivity contribution in [3.05, 3.63) is 70.2 Å². The number of nitrogens with one attached hydrogen (secondary N) is 1. The van der Waals surface area contributed by atoms with Crippen LogP contribution in [0.15, 0.2) is 48.5 Å². The van der Waals surface area contributed by atoms with Gasteiger partial charge in [-0.05, 0) is 42.3 Å². The average molecular weight is 314 g/mol. The molecular formula is C17H16ClN3O. The second-order valence-corrected chi connectivity index (χ2v) is 5.60. The number of benzene rings is 2. The van der Waals surface area contributed by atoms with Crippen LogP contribution >= 0.6 is 11.6 Å². The molecule has 0 radical (unpaired) electrons. The van der Waals surface area contributed by atoms with E-state index in [-0.39, 0.29) is 0 Å². The van der Waals surface area contributed by atoms with Crippen molar-refractivity contribution >= 4 is 17.5 Å². The van der Waals surface area contributed by atoms with Crippen molar-refractivity contribution in [1.29, 1.82) is 5.26 Å². The average Bonchev–Trinajstić information content (AvgIpc) is 2.52. The minimum Gasteiger partial charge on any atom is -0.368 e. The molecule has 4 nitrogen and oxygen atoms in total. The number of nitrogens with zero attached hydrogens (tertiary/aromatic N) is 1. The molecule has 2 aromatic carbocycles. The molecule has 0 bridgehead atoms. The summed E-state index contributed by atoms with van der Waals surface area (Å²) in [5, 5.41) is 12.6. The zero-order valence-corrected chi connectivity index (χ0v) is 12.9. The van der Waals surface area contributed by atoms with Gasteiger partial charge >= 0.3 is 0 Å². The molecule has 1 atom stereocenters. The van der Waals surface area contributed by atoms with Crippen molar-refractivity contribution in [3.8, 4) is 6.07 Å². The highest BCUT2D eigenvalue weighted by Crippen LogP contribution is 2.24. The largest absolute Gasteiger partial charge is 0.368 e. The predicted molar refractivity (Wildman–Crippen MR) is 86.0 cm³/mol. The fraction of sp³-hybridized carbons (Fsp3) is 0.176. The van der Waals surface area contributed by atoms with Crippen LogP contribution in [0.5, 0.6) is 0 Å². The van der Waals surface area contributed by atoms with E-state index < -0.39 is 11.4 Å². The summed E-state index contributed by atoms with van der Waals surface area (Å²) < 4.78 is 0. The molecule has 0 aliphatic carbocycles. The number of amides is 1. The van der Waals surface area contributed by atoms with Crippen molar-refractivity contribution < 1.29 is 4.79 Å². The fourth-order valence-electron chi connectivity index (χ4n) is 2.16. The number of carbonyl (C=O) groups excluding carboxylic acids is 1. The molecule has 0 aliphatic rings. The van der Waals surface area contributed by atoms with Gasteiger partial charge in [-0.15, -0.1) is 0 Å². The second-order valence-electron chi connectivity index (χ2n) is 5.17. The van der Waals surface area contributed by atoms with Crippen molar-refractivity contribution in [2.75, 3.05) is 0 Å². The first kappa shape index (κ1) is 16.0. The van der Waals surface area contributed by atoms with Crippen LogP contribution in [0.2, 0.25) is 5.02 Å². The summed E-state index contributed by atoms with van der Waals surface area (Å²) >= 11 is 6.00. The number of halogens is 1. The van der Waals surface area contributed by atoms with Gasteiger partial charge in [0.15, 0.2) is 0 Å². The van der Waals surface area contributed by atoms with Gasteiger partial charge in [0, 0.05) is 11.6 Å². The third-order valence-electron chi connectivity index (χ3n) is 3.60. The van der Waals surface area contributed by atoms with Gasteiger partial charge in [-0.2, -0.15) is 5.26 Å². The molecule has 0 saturated heterocycles. The lowest BCUT2D eigenvalue weighted by atomic mass is 9.91. The van der Waals surface area contributed by atoms with Gasteiger partial charge in [-0.1, -0.05) is 35.9 Å². The maximum Gasteiger partial charge on any atom is 0.242 e. The van der Waals surface area contributed by atoms with E-state index in [1.165, 1.54) is 0 Å². The van der Waals surface area contributed by atoms with Gasteiger partial charge in [-0.25, -0.2) is 0 Å². The first-order valence-corrected chi connectivity index (χ1v) is 7.13. The Bertz CT molecular complexity index is 739. The summed E-state index contributed by atoms with van der Waals surface area (Å²) in [4.78, 5) is 11.9. The number of nitrogens with two attached hydrogens (primary N) is 1. The quantitative estimate of drug-likeness (QED) is 0.890. The van der Waals surface area contributed by atoms with Gasteiger partial charge in [0.05, 0.1) is 11.6 Å². The van der Waals surface area contributed by atoms with E-state index in [1.54, 1.807) is 49.4 Å². The highest BCUT2D eigenvalue weighted by atomic mass is 35.5. The summed E-state index contributed by atoms with van der Waals surface area (Å²) in [7, 11) is 0. The van der Waals surface area contributed by atoms with E-state index >= 15 is 0 Å². The molecule has 0 spiro atoms. The number of hydrogen-bond acceptors (Lipinski definition) is 3. The third-order valence-corrected chi connectivity index (χ3v) is 3.83. The van der Waals surface area contributed by atoms with Gasteiger partial charge < -0.3 is 5.73 Å². The Morgan fingerprint density at radius 3 is 2.68 bits per heavy atom. The number of primary amides is 1. The van der Waals surface area contributed by atoms with Crippen LogP contribution in [0.1, 0.15) is 23.6 Å². The Morgan fingerprint density at radius 1 is 1.32 bits per heavy atom. The molecule has 112 valence electrons. The molecule has 3 N–H and O–H groups in total. The van der Waals surface area contributed by atoms with E-state index in [4.69, 9.17) is 22.6 Å². The molecule has 2 rings (SSSR count). The van der Waals surface area contributed by atoms with E-state index in [0.717, 1.165) is 5.56 Å². The number of carbonyl (C=O) groups is 1. The van der Waals surface area contributed by atoms with Crippen LogP contribution in [0, 0.1) is 11.3 Å². The molecule has 1 amide bonds. The second kappa shape index (κ2) is 6.61. The van der Waals surface area contributed by atoms with Gasteiger partial charge in [0.25, 0.3) is 0 Å². The Hall–Kier alpha value is -2.35. The van der Waals surface area contributed by atoms with E-state index in [1.807, 2.05) is 6.07 Å². The first-order chi connectivity index (χ1) is 10.5. The summed E-state index contributed by atoms with van der Waals surface area (Å²) in [5.74, 6) is -0.494. The molecule has 0 fully saturated rings. The maximum absolute atomic E-state index is 11.9. The van der Waals surface area contributed by atoms with E-state index in [9.17, 15) is 4.79 Å². The minimum absolute atomic E-state index is 0.404. The number of hydrogen-bond donors (Lipinski definition) is 2. The normalized spacial score (nSPS) is 13.1. The molecular weight excluding hydrogens is 298 g/mol. The van der Waals surface area contributed by atoms with Crippen LogP contribution in [-0.2, 0) is 16.9 Å². The Morgan fingerprint density at radius 2 is 2.05 bits per heavy atom. The van der Waals surface area contributed by atoms with Crippen LogP contribution in [0.3, 0.4) is 0 Å². The topological polar surface area (TPSA) is 78.9 Å². The van der Waals surface area contributed by atoms with Gasteiger partial charge in [0.1, 0.15) is 5.54 Å². The van der Waals surface area contributed by atoms with Crippen LogP contribution in [-0.4, -0.2) is 5.91 Å². The molecule has 22 heavy (non-hydrogen) atoms. The molecule has 5 heteroatoms. The monoisotopic (exact) mass is 313 g/mol. The summed E-state index contributed by atoms with van der Waals surface area (Å²) in [6.07, 6.45) is 0. The lowest BCUT2D eigenvalue weighted by Crippen LogP contribution is -2.50. The standard InChI is InChI=1S/C17H16ClN3O/c1-17(16(20)22,14-6-3-7-15(18)9-14)21-11-13-5-2-4-12(8-13)10-19/h2-9,21H,11H2,1H3,(H2,20,22). The number of rotatable bonds is 5. The Kier molecular flexibility index (Phi) is 4.81. The zero-order valence-electron chi connectivity index (χ0n) is 12.1. The maximum atomic E-state index is 11.9. The first-order valence-electron chi connectivity index (χ1n) is 6.76. The minimum atomic E-state index is -1.05. The van der Waals surface area contributed by atoms with Crippen LogP contribution in [0.4, 0.5) is 0 Å². The number of nitriles is 1. The van der Waals surface area contributed by atoms with E-state index in [2.05, 4.69) is 11.4 Å². The Labute approximate surface area is 134 Å². The smallest absolute Gasteiger partial charge is 0.242 e. The van der Waals surface area contributed by atoms with Crippen LogP contribution in [0.25, 0.3) is 0 Å². The third kappa shape index (κ3) is 3.45. The highest BCUT2D eigenvalue weighted by molar-refractivity contribution is 6.30. The van der Waals surface area contributed by atoms with Crippen molar-refractivity contribution in [2.24, 2.45) is 5.73 Å². The zero-order chi connectivity index (χ0) is 16.2. The van der Waals surface area contributed by atoms with Gasteiger partial charge in [-0.3, -0.25) is 10.1 Å². The van der Waals surface area contributed by atoms with Crippen molar-refractivity contribution in [1.82, 2.24) is 5.32 Å². The molecule has 2 aromatic rings. The lowest BCUT2D eigenvalue weighted by molar-refractivity contribution is -0.124. The Balaban J connectivity index is 2.26. The molecule has 0 aliphatic heterocycles. The van der Waals surface area contributed by atoms with Crippen molar-refractivity contribution in [3.63, 3.8) is 0 Å². The van der Waals surface area contributed by atoms with Crippen LogP contribution < -0.4 is 11.1 Å². The summed E-state index contributed by atoms with van der Waals surface area (Å²) in [6.45, 7) is 2.12. The molecule has 1 unspecified atom stereocenters. The lowest BCUT2D eigenvalue weighted by Gasteiger charge is -2.28. The van der Waals surface area contributed by atoms with E-state index in [0.29, 0.717) is 22.7 Å².